The third-order valence-corrected chi connectivity index (χ3v) is 5.16. The van der Waals surface area contributed by atoms with Crippen molar-refractivity contribution in [1.29, 1.82) is 0 Å². The minimum absolute atomic E-state index is 0.213. The van der Waals surface area contributed by atoms with E-state index in [4.69, 9.17) is 4.74 Å². The van der Waals surface area contributed by atoms with Gasteiger partial charge in [0.15, 0.2) is 0 Å². The van der Waals surface area contributed by atoms with Crippen LogP contribution in [-0.4, -0.2) is 18.7 Å². The van der Waals surface area contributed by atoms with Crippen molar-refractivity contribution in [2.24, 2.45) is 0 Å². The fourth-order valence-electron chi connectivity index (χ4n) is 1.89. The van der Waals surface area contributed by atoms with Gasteiger partial charge in [-0.25, -0.2) is 0 Å². The standard InChI is InChI=1S/C12H18BrNOS/c1-3-12(2)4-5-15-10(7-14-12)11-6-9(13)8-16-11/h6,8,10,14H,3-5,7H2,1-2H3. The number of nitrogens with one attached hydrogen (secondary N) is 1. The van der Waals surface area contributed by atoms with Gasteiger partial charge in [-0.1, -0.05) is 6.92 Å². The Hall–Kier alpha value is 0.1000. The van der Waals surface area contributed by atoms with Crippen LogP contribution in [0.2, 0.25) is 0 Å². The first-order valence-electron chi connectivity index (χ1n) is 5.73. The van der Waals surface area contributed by atoms with Gasteiger partial charge < -0.3 is 10.1 Å². The molecule has 1 aliphatic heterocycles. The predicted octanol–water partition coefficient (Wildman–Crippen LogP) is 3.73. The van der Waals surface area contributed by atoms with Crippen LogP contribution in [0.3, 0.4) is 0 Å². The third-order valence-electron chi connectivity index (χ3n) is 3.37. The van der Waals surface area contributed by atoms with Crippen molar-refractivity contribution in [3.8, 4) is 0 Å². The van der Waals surface area contributed by atoms with Gasteiger partial charge in [-0.05, 0) is 41.8 Å². The first-order chi connectivity index (χ1) is 7.63. The van der Waals surface area contributed by atoms with Gasteiger partial charge in [0.25, 0.3) is 0 Å². The fraction of sp³-hybridized carbons (Fsp3) is 0.667. The zero-order chi connectivity index (χ0) is 11.6. The van der Waals surface area contributed by atoms with Crippen molar-refractivity contribution < 1.29 is 4.74 Å². The van der Waals surface area contributed by atoms with Crippen LogP contribution in [0.1, 0.15) is 37.7 Å². The van der Waals surface area contributed by atoms with Gasteiger partial charge in [0.05, 0.1) is 0 Å². The van der Waals surface area contributed by atoms with E-state index in [9.17, 15) is 0 Å². The van der Waals surface area contributed by atoms with E-state index >= 15 is 0 Å². The Morgan fingerprint density at radius 2 is 2.50 bits per heavy atom. The topological polar surface area (TPSA) is 21.3 Å². The smallest absolute Gasteiger partial charge is 0.104 e. The Kier molecular flexibility index (Phi) is 4.06. The third kappa shape index (κ3) is 2.86. The van der Waals surface area contributed by atoms with E-state index < -0.39 is 0 Å². The van der Waals surface area contributed by atoms with E-state index in [1.807, 2.05) is 0 Å². The lowest BCUT2D eigenvalue weighted by molar-refractivity contribution is 0.0677. The summed E-state index contributed by atoms with van der Waals surface area (Å²) >= 11 is 5.25. The number of ether oxygens (including phenoxy) is 1. The molecule has 1 fully saturated rings. The largest absolute Gasteiger partial charge is 0.371 e. The van der Waals surface area contributed by atoms with Crippen LogP contribution in [0.25, 0.3) is 0 Å². The minimum Gasteiger partial charge on any atom is -0.371 e. The van der Waals surface area contributed by atoms with E-state index in [-0.39, 0.29) is 11.6 Å². The first-order valence-corrected chi connectivity index (χ1v) is 7.41. The van der Waals surface area contributed by atoms with E-state index in [0.717, 1.165) is 30.5 Å². The molecule has 1 saturated heterocycles. The van der Waals surface area contributed by atoms with Gasteiger partial charge in [0, 0.05) is 33.4 Å². The molecule has 16 heavy (non-hydrogen) atoms. The molecule has 2 heterocycles. The van der Waals surface area contributed by atoms with Gasteiger partial charge in [-0.2, -0.15) is 0 Å². The van der Waals surface area contributed by atoms with Crippen LogP contribution in [-0.2, 0) is 4.74 Å². The highest BCUT2D eigenvalue weighted by Crippen LogP contribution is 2.30. The molecule has 2 atom stereocenters. The second-order valence-electron chi connectivity index (χ2n) is 4.57. The van der Waals surface area contributed by atoms with Crippen LogP contribution >= 0.6 is 27.3 Å². The highest BCUT2D eigenvalue weighted by atomic mass is 79.9. The lowest BCUT2D eigenvalue weighted by Crippen LogP contribution is -2.42. The van der Waals surface area contributed by atoms with Gasteiger partial charge >= 0.3 is 0 Å². The molecular weight excluding hydrogens is 286 g/mol. The average molecular weight is 304 g/mol. The molecule has 1 N–H and O–H groups in total. The Morgan fingerprint density at radius 1 is 1.69 bits per heavy atom. The highest BCUT2D eigenvalue weighted by molar-refractivity contribution is 9.10. The first kappa shape index (κ1) is 12.6. The predicted molar refractivity (Wildman–Crippen MR) is 72.0 cm³/mol. The maximum absolute atomic E-state index is 5.93. The molecule has 4 heteroatoms. The number of hydrogen-bond donors (Lipinski definition) is 1. The van der Waals surface area contributed by atoms with Gasteiger partial charge in [-0.3, -0.25) is 0 Å². The Bertz CT molecular complexity index is 355. The summed E-state index contributed by atoms with van der Waals surface area (Å²) in [4.78, 5) is 1.31. The van der Waals surface area contributed by atoms with E-state index in [1.54, 1.807) is 11.3 Å². The molecule has 1 aromatic heterocycles. The van der Waals surface area contributed by atoms with Crippen molar-refractivity contribution >= 4 is 27.3 Å². The lowest BCUT2D eigenvalue weighted by atomic mass is 9.95. The molecule has 0 bridgehead atoms. The number of rotatable bonds is 2. The summed E-state index contributed by atoms with van der Waals surface area (Å²) in [6, 6.07) is 2.16. The Labute approximate surface area is 110 Å². The zero-order valence-corrected chi connectivity index (χ0v) is 12.2. The molecule has 2 unspecified atom stereocenters. The molecule has 90 valence electrons. The summed E-state index contributed by atoms with van der Waals surface area (Å²) in [7, 11) is 0. The molecule has 1 aliphatic rings. The molecule has 0 amide bonds. The van der Waals surface area contributed by atoms with Gasteiger partial charge in [0.1, 0.15) is 6.10 Å². The molecular formula is C12H18BrNOS. The number of thiophene rings is 1. The van der Waals surface area contributed by atoms with Crippen molar-refractivity contribution in [3.63, 3.8) is 0 Å². The zero-order valence-electron chi connectivity index (χ0n) is 9.75. The summed E-state index contributed by atoms with van der Waals surface area (Å²) in [5, 5.41) is 5.75. The van der Waals surface area contributed by atoms with Crippen molar-refractivity contribution in [2.45, 2.75) is 38.3 Å². The van der Waals surface area contributed by atoms with Crippen LogP contribution in [0, 0.1) is 0 Å². The quantitative estimate of drug-likeness (QED) is 0.899. The second kappa shape index (κ2) is 5.17. The Morgan fingerprint density at radius 3 is 3.12 bits per heavy atom. The van der Waals surface area contributed by atoms with Crippen molar-refractivity contribution in [1.82, 2.24) is 5.32 Å². The summed E-state index contributed by atoms with van der Waals surface area (Å²) in [5.74, 6) is 0. The Balaban J connectivity index is 2.04. The van der Waals surface area contributed by atoms with Crippen LogP contribution < -0.4 is 5.32 Å². The van der Waals surface area contributed by atoms with E-state index in [2.05, 4.69) is 46.5 Å². The average Bonchev–Trinajstić information content (AvgIpc) is 2.59. The summed E-state index contributed by atoms with van der Waals surface area (Å²) in [6.45, 7) is 6.27. The van der Waals surface area contributed by atoms with Crippen molar-refractivity contribution in [3.05, 3.63) is 20.8 Å². The summed E-state index contributed by atoms with van der Waals surface area (Å²) in [5.41, 5.74) is 0.239. The molecule has 1 aromatic rings. The van der Waals surface area contributed by atoms with Gasteiger partial charge in [-0.15, -0.1) is 11.3 Å². The molecule has 2 rings (SSSR count). The van der Waals surface area contributed by atoms with Crippen LogP contribution in [0.4, 0.5) is 0 Å². The number of halogens is 1. The molecule has 0 aliphatic carbocycles. The number of hydrogen-bond acceptors (Lipinski definition) is 3. The monoisotopic (exact) mass is 303 g/mol. The normalized spacial score (nSPS) is 31.3. The highest BCUT2D eigenvalue weighted by Gasteiger charge is 2.27. The molecule has 0 aromatic carbocycles. The van der Waals surface area contributed by atoms with E-state index in [1.165, 1.54) is 4.88 Å². The summed E-state index contributed by atoms with van der Waals surface area (Å²) in [6.07, 6.45) is 2.45. The fourth-order valence-corrected chi connectivity index (χ4v) is 3.39. The molecule has 2 nitrogen and oxygen atoms in total. The molecule has 0 saturated carbocycles. The van der Waals surface area contributed by atoms with Crippen LogP contribution in [0.15, 0.2) is 15.9 Å². The van der Waals surface area contributed by atoms with Crippen molar-refractivity contribution in [2.75, 3.05) is 13.2 Å². The van der Waals surface area contributed by atoms with E-state index in [0.29, 0.717) is 0 Å². The maximum Gasteiger partial charge on any atom is 0.104 e. The lowest BCUT2D eigenvalue weighted by Gasteiger charge is -2.27. The second-order valence-corrected chi connectivity index (χ2v) is 6.43. The molecule has 0 spiro atoms. The molecule has 0 radical (unpaired) electrons. The summed E-state index contributed by atoms with van der Waals surface area (Å²) < 4.78 is 7.08. The maximum atomic E-state index is 5.93. The SMILES string of the molecule is CCC1(C)CCOC(c2cc(Br)cs2)CN1. The van der Waals surface area contributed by atoms with Crippen LogP contribution in [0.5, 0.6) is 0 Å². The van der Waals surface area contributed by atoms with Gasteiger partial charge in [0.2, 0.25) is 0 Å². The minimum atomic E-state index is 0.213.